The average molecular weight is 547 g/mol. The van der Waals surface area contributed by atoms with Crippen molar-refractivity contribution in [2.75, 3.05) is 0 Å². The van der Waals surface area contributed by atoms with E-state index in [1.807, 2.05) is 13.8 Å². The molecule has 2 aromatic carbocycles. The molecule has 0 saturated carbocycles. The summed E-state index contributed by atoms with van der Waals surface area (Å²) in [4.78, 5) is 20.9. The van der Waals surface area contributed by atoms with Gasteiger partial charge in [0, 0.05) is 18.2 Å². The molecule has 0 aliphatic carbocycles. The highest BCUT2D eigenvalue weighted by atomic mass is 32.2. The maximum absolute atomic E-state index is 13.9. The maximum atomic E-state index is 13.9. The summed E-state index contributed by atoms with van der Waals surface area (Å²) in [6.45, 7) is 3.82. The fraction of sp³-hybridized carbons (Fsp3) is 0.241. The molecule has 0 aliphatic heterocycles. The molecular weight excluding hydrogens is 519 g/mol. The van der Waals surface area contributed by atoms with Crippen LogP contribution in [0.5, 0.6) is 5.88 Å². The predicted octanol–water partition coefficient (Wildman–Crippen LogP) is 5.20. The van der Waals surface area contributed by atoms with Crippen LogP contribution < -0.4 is 5.56 Å². The van der Waals surface area contributed by atoms with Crippen LogP contribution in [-0.4, -0.2) is 28.1 Å². The van der Waals surface area contributed by atoms with E-state index in [0.717, 1.165) is 12.6 Å². The Hall–Kier alpha value is -4.36. The van der Waals surface area contributed by atoms with E-state index in [9.17, 15) is 28.0 Å². The van der Waals surface area contributed by atoms with Crippen molar-refractivity contribution in [3.8, 4) is 23.1 Å². The minimum atomic E-state index is -4.49. The van der Waals surface area contributed by atoms with Crippen molar-refractivity contribution in [3.05, 3.63) is 100 Å². The minimum Gasteiger partial charge on any atom is -0.492 e. The van der Waals surface area contributed by atoms with Gasteiger partial charge in [0.15, 0.2) is 4.90 Å². The van der Waals surface area contributed by atoms with Gasteiger partial charge in [-0.3, -0.25) is 14.3 Å². The number of aromatic hydroxyl groups is 1. The van der Waals surface area contributed by atoms with Gasteiger partial charge in [-0.25, -0.2) is 12.8 Å². The van der Waals surface area contributed by atoms with E-state index in [1.165, 1.54) is 41.1 Å². The summed E-state index contributed by atoms with van der Waals surface area (Å²) in [6, 6.07) is 15.1. The van der Waals surface area contributed by atoms with Gasteiger partial charge in [-0.2, -0.15) is 10.2 Å². The first-order valence-corrected chi connectivity index (χ1v) is 14.0. The van der Waals surface area contributed by atoms with Gasteiger partial charge in [-0.05, 0) is 54.3 Å². The molecule has 0 aliphatic rings. The van der Waals surface area contributed by atoms with E-state index in [0.29, 0.717) is 41.5 Å². The van der Waals surface area contributed by atoms with Crippen LogP contribution in [0.1, 0.15) is 56.1 Å². The summed E-state index contributed by atoms with van der Waals surface area (Å²) in [5.41, 5.74) is 1.15. The minimum absolute atomic E-state index is 0.225. The molecule has 0 radical (unpaired) electrons. The third-order valence-corrected chi connectivity index (χ3v) is 8.24. The monoisotopic (exact) mass is 546 g/mol. The molecule has 0 amide bonds. The number of nitrogens with zero attached hydrogens (tertiary/aromatic N) is 4. The predicted molar refractivity (Wildman–Crippen MR) is 143 cm³/mol. The molecule has 200 valence electrons. The second-order valence-corrected chi connectivity index (χ2v) is 10.9. The van der Waals surface area contributed by atoms with Gasteiger partial charge in [-0.1, -0.05) is 44.5 Å². The average Bonchev–Trinajstić information content (AvgIpc) is 2.93. The van der Waals surface area contributed by atoms with Crippen LogP contribution in [0.3, 0.4) is 0 Å². The molecule has 0 bridgehead atoms. The van der Waals surface area contributed by atoms with Gasteiger partial charge in [0.2, 0.25) is 15.7 Å². The van der Waals surface area contributed by atoms with Crippen LogP contribution in [0.15, 0.2) is 81.6 Å². The van der Waals surface area contributed by atoms with E-state index in [1.54, 1.807) is 24.3 Å². The number of aryl methyl sites for hydroxylation is 1. The van der Waals surface area contributed by atoms with E-state index in [4.69, 9.17) is 0 Å². The molecule has 2 aromatic heterocycles. The molecule has 0 saturated heterocycles. The normalized spacial score (nSPS) is 12.2. The lowest BCUT2D eigenvalue weighted by molar-refractivity contribution is 0.406. The first-order valence-electron chi connectivity index (χ1n) is 12.5. The van der Waals surface area contributed by atoms with Crippen LogP contribution in [-0.2, 0) is 16.3 Å². The Bertz CT molecular complexity index is 1710. The number of benzene rings is 2. The molecule has 0 spiro atoms. The van der Waals surface area contributed by atoms with Gasteiger partial charge >= 0.3 is 0 Å². The number of nitriles is 1. The van der Waals surface area contributed by atoms with Crippen molar-refractivity contribution < 1.29 is 17.9 Å². The van der Waals surface area contributed by atoms with Crippen molar-refractivity contribution in [1.29, 1.82) is 5.26 Å². The summed E-state index contributed by atoms with van der Waals surface area (Å²) in [7, 11) is -4.49. The van der Waals surface area contributed by atoms with Crippen molar-refractivity contribution >= 4 is 9.84 Å². The van der Waals surface area contributed by atoms with Crippen molar-refractivity contribution in [1.82, 2.24) is 14.5 Å². The summed E-state index contributed by atoms with van der Waals surface area (Å²) < 4.78 is 42.3. The second-order valence-electron chi connectivity index (χ2n) is 9.04. The maximum Gasteiger partial charge on any atom is 0.277 e. The third-order valence-electron chi connectivity index (χ3n) is 6.45. The number of sulfone groups is 1. The highest BCUT2D eigenvalue weighted by molar-refractivity contribution is 7.91. The zero-order chi connectivity index (χ0) is 28.2. The van der Waals surface area contributed by atoms with Gasteiger partial charge < -0.3 is 5.11 Å². The zero-order valence-corrected chi connectivity index (χ0v) is 22.3. The number of unbranched alkanes of at least 4 members (excludes halogenated alkanes) is 1. The smallest absolute Gasteiger partial charge is 0.277 e. The Morgan fingerprint density at radius 1 is 1.08 bits per heavy atom. The van der Waals surface area contributed by atoms with Crippen molar-refractivity contribution in [3.63, 3.8) is 0 Å². The van der Waals surface area contributed by atoms with E-state index in [2.05, 4.69) is 16.0 Å². The molecule has 4 rings (SSSR count). The number of aromatic nitrogens is 3. The summed E-state index contributed by atoms with van der Waals surface area (Å²) >= 11 is 0. The first-order chi connectivity index (χ1) is 18.7. The van der Waals surface area contributed by atoms with Crippen molar-refractivity contribution in [2.45, 2.75) is 55.4 Å². The Morgan fingerprint density at radius 2 is 1.82 bits per heavy atom. The highest BCUT2D eigenvalue weighted by Crippen LogP contribution is 2.30. The summed E-state index contributed by atoms with van der Waals surface area (Å²) in [5, 5.41) is 20.1. The van der Waals surface area contributed by atoms with Gasteiger partial charge in [-0.15, -0.1) is 0 Å². The van der Waals surface area contributed by atoms with Crippen molar-refractivity contribution in [2.24, 2.45) is 0 Å². The first kappa shape index (κ1) is 27.7. The van der Waals surface area contributed by atoms with Gasteiger partial charge in [0.25, 0.3) is 5.56 Å². The molecule has 1 atom stereocenters. The van der Waals surface area contributed by atoms with Crippen LogP contribution in [0.4, 0.5) is 4.39 Å². The molecule has 39 heavy (non-hydrogen) atoms. The topological polar surface area (TPSA) is 126 Å². The number of hydrogen-bond donors (Lipinski definition) is 1. The Kier molecular flexibility index (Phi) is 8.21. The molecule has 1 N–H and O–H groups in total. The molecule has 10 heteroatoms. The summed E-state index contributed by atoms with van der Waals surface area (Å²) in [5.74, 6) is -1.13. The van der Waals surface area contributed by atoms with Crippen LogP contribution in [0.2, 0.25) is 0 Å². The fourth-order valence-electron chi connectivity index (χ4n) is 4.51. The Balaban J connectivity index is 1.87. The van der Waals surface area contributed by atoms with E-state index < -0.39 is 38.0 Å². The van der Waals surface area contributed by atoms with Crippen LogP contribution in [0, 0.1) is 17.1 Å². The molecule has 4 aromatic rings. The Morgan fingerprint density at radius 3 is 2.46 bits per heavy atom. The van der Waals surface area contributed by atoms with E-state index >= 15 is 0 Å². The SMILES string of the molecule is CCCCc1nc(O)c(S(=O)(=O)c2ccc(-c3cncc(F)c3)cc2)c(=O)n1C(CC)c1cccc(C#N)c1. The lowest BCUT2D eigenvalue weighted by Crippen LogP contribution is -2.33. The number of halogens is 1. The second kappa shape index (κ2) is 11.6. The van der Waals surface area contributed by atoms with Crippen LogP contribution in [0.25, 0.3) is 11.1 Å². The largest absolute Gasteiger partial charge is 0.492 e. The van der Waals surface area contributed by atoms with Crippen LogP contribution >= 0.6 is 0 Å². The van der Waals surface area contributed by atoms with E-state index in [-0.39, 0.29) is 10.7 Å². The molecule has 2 heterocycles. The number of hydrogen-bond acceptors (Lipinski definition) is 7. The fourth-order valence-corrected chi connectivity index (χ4v) is 5.86. The standard InChI is InChI=1S/C29H27FN4O4S/c1-3-5-9-26-33-28(35)27(29(36)34(26)25(4-2)21-8-6-7-19(14-21)16-31)39(37,38)24-12-10-20(11-13-24)22-15-23(30)18-32-17-22/h6-8,10-15,17-18,25,35H,3-5,9H2,1-2H3. The quantitative estimate of drug-likeness (QED) is 0.306. The highest BCUT2D eigenvalue weighted by Gasteiger charge is 2.31. The molecule has 8 nitrogen and oxygen atoms in total. The molecule has 0 fully saturated rings. The van der Waals surface area contributed by atoms with Gasteiger partial charge in [0.05, 0.1) is 28.8 Å². The summed E-state index contributed by atoms with van der Waals surface area (Å²) in [6.07, 6.45) is 4.74. The number of rotatable bonds is 9. The number of pyridine rings is 1. The molecule has 1 unspecified atom stereocenters. The third kappa shape index (κ3) is 5.59. The zero-order valence-electron chi connectivity index (χ0n) is 21.5. The molecular formula is C29H27FN4O4S. The lowest BCUT2D eigenvalue weighted by Gasteiger charge is -2.23. The lowest BCUT2D eigenvalue weighted by atomic mass is 10.0. The van der Waals surface area contributed by atoms with Gasteiger partial charge in [0.1, 0.15) is 11.6 Å². The Labute approximate surface area is 226 Å².